The van der Waals surface area contributed by atoms with E-state index in [1.165, 1.54) is 18.2 Å². The van der Waals surface area contributed by atoms with Crippen molar-refractivity contribution in [1.29, 1.82) is 0 Å². The molecule has 1 aliphatic rings. The van der Waals surface area contributed by atoms with Crippen molar-refractivity contribution in [2.24, 2.45) is 0 Å². The number of Topliss-reactive ketones (excluding diaryl/α,β-unsaturated/α-hetero) is 1. The summed E-state index contributed by atoms with van der Waals surface area (Å²) in [5.41, 5.74) is 0.864. The van der Waals surface area contributed by atoms with Crippen LogP contribution in [0.15, 0.2) is 54.7 Å². The van der Waals surface area contributed by atoms with Gasteiger partial charge in [0.25, 0.3) is 11.8 Å². The second kappa shape index (κ2) is 10.7. The minimum atomic E-state index is -3.43. The fourth-order valence-electron chi connectivity index (χ4n) is 4.14. The molecular weight excluding hydrogens is 531 g/mol. The van der Waals surface area contributed by atoms with Gasteiger partial charge in [-0.1, -0.05) is 24.3 Å². The van der Waals surface area contributed by atoms with Crippen LogP contribution >= 0.6 is 0 Å². The lowest BCUT2D eigenvalue weighted by molar-refractivity contribution is -0.159. The van der Waals surface area contributed by atoms with Gasteiger partial charge in [0.2, 0.25) is 0 Å². The molecule has 5 rings (SSSR count). The first-order valence-electron chi connectivity index (χ1n) is 12.1. The van der Waals surface area contributed by atoms with E-state index in [-0.39, 0.29) is 60.2 Å². The number of hydrogen-bond donors (Lipinski definition) is 2. The summed E-state index contributed by atoms with van der Waals surface area (Å²) >= 11 is 0. The summed E-state index contributed by atoms with van der Waals surface area (Å²) in [6.07, 6.45) is -2.36. The van der Waals surface area contributed by atoms with Gasteiger partial charge in [-0.05, 0) is 23.8 Å². The van der Waals surface area contributed by atoms with Crippen molar-refractivity contribution in [2.45, 2.75) is 32.5 Å². The standard InChI is InChI=1S/C27H22F3N5O5/c1-27(29,30)40-23-5-3-2-4-16(23)12-32-26(38)21-10-20(34-24-19(28)13-33-35(21)24)25(37)31-11-15-6-7-22-17(8-15)9-18(36)14-39-22/h2-8,10,13H,9,11-12,14H2,1H3,(H,31,37)(H,32,38). The topological polar surface area (TPSA) is 124 Å². The van der Waals surface area contributed by atoms with Gasteiger partial charge in [-0.25, -0.2) is 13.9 Å². The average Bonchev–Trinajstić information content (AvgIpc) is 3.29. The van der Waals surface area contributed by atoms with Gasteiger partial charge in [0, 0.05) is 43.6 Å². The van der Waals surface area contributed by atoms with Gasteiger partial charge >= 0.3 is 6.11 Å². The number of fused-ring (bicyclic) bond motifs is 2. The van der Waals surface area contributed by atoms with Crippen LogP contribution in [0.5, 0.6) is 11.5 Å². The van der Waals surface area contributed by atoms with Gasteiger partial charge in [-0.2, -0.15) is 13.9 Å². The van der Waals surface area contributed by atoms with E-state index in [4.69, 9.17) is 4.74 Å². The van der Waals surface area contributed by atoms with E-state index in [2.05, 4.69) is 25.5 Å². The predicted octanol–water partition coefficient (Wildman–Crippen LogP) is 3.22. The summed E-state index contributed by atoms with van der Waals surface area (Å²) in [4.78, 5) is 41.7. The van der Waals surface area contributed by atoms with Crippen LogP contribution in [-0.4, -0.2) is 44.9 Å². The van der Waals surface area contributed by atoms with Crippen LogP contribution in [0.1, 0.15) is 44.6 Å². The van der Waals surface area contributed by atoms with Crippen LogP contribution in [0.3, 0.4) is 0 Å². The Morgan fingerprint density at radius 3 is 2.67 bits per heavy atom. The third-order valence-corrected chi connectivity index (χ3v) is 5.95. The van der Waals surface area contributed by atoms with Gasteiger partial charge in [-0.15, -0.1) is 0 Å². The highest BCUT2D eigenvalue weighted by molar-refractivity contribution is 5.98. The number of aromatic nitrogens is 3. The maximum absolute atomic E-state index is 14.4. The van der Waals surface area contributed by atoms with Crippen molar-refractivity contribution in [3.8, 4) is 11.5 Å². The number of rotatable bonds is 8. The summed E-state index contributed by atoms with van der Waals surface area (Å²) in [6.45, 7) is 0.475. The third kappa shape index (κ3) is 5.87. The van der Waals surface area contributed by atoms with Crippen molar-refractivity contribution in [3.05, 3.63) is 88.6 Å². The minimum Gasteiger partial charge on any atom is -0.486 e. The lowest BCUT2D eigenvalue weighted by atomic mass is 10.0. The second-order valence-corrected chi connectivity index (χ2v) is 9.08. The number of ether oxygens (including phenoxy) is 2. The largest absolute Gasteiger partial charge is 0.486 e. The zero-order chi connectivity index (χ0) is 28.4. The number of nitrogens with zero attached hydrogens (tertiary/aromatic N) is 3. The van der Waals surface area contributed by atoms with Crippen molar-refractivity contribution < 1.29 is 37.0 Å². The first-order chi connectivity index (χ1) is 19.1. The smallest absolute Gasteiger partial charge is 0.394 e. The number of para-hydroxylation sites is 1. The zero-order valence-corrected chi connectivity index (χ0v) is 21.0. The molecule has 0 fully saturated rings. The maximum atomic E-state index is 14.4. The summed E-state index contributed by atoms with van der Waals surface area (Å²) in [7, 11) is 0. The molecule has 4 aromatic rings. The monoisotopic (exact) mass is 553 g/mol. The molecule has 10 nitrogen and oxygen atoms in total. The van der Waals surface area contributed by atoms with Crippen molar-refractivity contribution in [3.63, 3.8) is 0 Å². The number of carbonyl (C=O) groups is 3. The molecule has 0 saturated carbocycles. The molecule has 2 amide bonds. The van der Waals surface area contributed by atoms with Gasteiger partial charge < -0.3 is 20.1 Å². The van der Waals surface area contributed by atoms with Crippen molar-refractivity contribution >= 4 is 23.2 Å². The third-order valence-electron chi connectivity index (χ3n) is 5.95. The highest BCUT2D eigenvalue weighted by atomic mass is 19.3. The molecule has 206 valence electrons. The number of nitrogens with one attached hydrogen (secondary N) is 2. The Bertz CT molecular complexity index is 1630. The summed E-state index contributed by atoms with van der Waals surface area (Å²) in [6, 6.07) is 12.3. The Morgan fingerprint density at radius 1 is 1.10 bits per heavy atom. The van der Waals surface area contributed by atoms with E-state index in [1.807, 2.05) is 0 Å². The van der Waals surface area contributed by atoms with Crippen LogP contribution in [-0.2, 0) is 24.3 Å². The number of hydrogen-bond acceptors (Lipinski definition) is 7. The molecule has 0 spiro atoms. The number of halogens is 3. The molecule has 1 aliphatic heterocycles. The van der Waals surface area contributed by atoms with E-state index in [1.54, 1.807) is 24.3 Å². The number of alkyl halides is 2. The Hall–Kier alpha value is -4.94. The highest BCUT2D eigenvalue weighted by Gasteiger charge is 2.25. The van der Waals surface area contributed by atoms with Crippen molar-refractivity contribution in [2.75, 3.05) is 6.61 Å². The summed E-state index contributed by atoms with van der Waals surface area (Å²) < 4.78 is 52.1. The minimum absolute atomic E-state index is 0.0211. The van der Waals surface area contributed by atoms with Gasteiger partial charge in [0.15, 0.2) is 17.2 Å². The quantitative estimate of drug-likeness (QED) is 0.343. The fourth-order valence-corrected chi connectivity index (χ4v) is 4.14. The van der Waals surface area contributed by atoms with E-state index in [0.29, 0.717) is 23.8 Å². The zero-order valence-electron chi connectivity index (χ0n) is 21.0. The van der Waals surface area contributed by atoms with Crippen molar-refractivity contribution in [1.82, 2.24) is 25.2 Å². The Kier molecular flexibility index (Phi) is 7.11. The van der Waals surface area contributed by atoms with E-state index in [0.717, 1.165) is 16.8 Å². The lowest BCUT2D eigenvalue weighted by Crippen LogP contribution is -2.29. The van der Waals surface area contributed by atoms with Gasteiger partial charge in [-0.3, -0.25) is 14.4 Å². The molecule has 0 radical (unpaired) electrons. The summed E-state index contributed by atoms with van der Waals surface area (Å²) in [5, 5.41) is 9.04. The van der Waals surface area contributed by atoms with Crippen LogP contribution < -0.4 is 20.1 Å². The van der Waals surface area contributed by atoms with Crippen LogP contribution in [0.2, 0.25) is 0 Å². The molecule has 0 aliphatic carbocycles. The molecule has 0 saturated heterocycles. The molecule has 2 aromatic carbocycles. The van der Waals surface area contributed by atoms with Gasteiger partial charge in [0.05, 0.1) is 6.20 Å². The lowest BCUT2D eigenvalue weighted by Gasteiger charge is -2.17. The van der Waals surface area contributed by atoms with Crippen LogP contribution in [0, 0.1) is 5.82 Å². The first-order valence-corrected chi connectivity index (χ1v) is 12.1. The van der Waals surface area contributed by atoms with E-state index < -0.39 is 23.7 Å². The van der Waals surface area contributed by atoms with Gasteiger partial charge in [0.1, 0.15) is 29.5 Å². The highest BCUT2D eigenvalue weighted by Crippen LogP contribution is 2.26. The Morgan fingerprint density at radius 2 is 1.88 bits per heavy atom. The molecule has 2 N–H and O–H groups in total. The van der Waals surface area contributed by atoms with E-state index >= 15 is 0 Å². The molecular formula is C27H22F3N5O5. The molecule has 2 aromatic heterocycles. The summed E-state index contributed by atoms with van der Waals surface area (Å²) in [5.74, 6) is -1.89. The first kappa shape index (κ1) is 26.7. The predicted molar refractivity (Wildman–Crippen MR) is 134 cm³/mol. The molecule has 0 bridgehead atoms. The maximum Gasteiger partial charge on any atom is 0.394 e. The Labute approximate surface area is 225 Å². The number of ketones is 1. The molecule has 3 heterocycles. The fraction of sp³-hybridized carbons (Fsp3) is 0.222. The van der Waals surface area contributed by atoms with E-state index in [9.17, 15) is 27.6 Å². The number of amides is 2. The SMILES string of the molecule is CC(F)(F)Oc1ccccc1CNC(=O)c1cc(C(=O)NCc2ccc3c(c2)CC(=O)CO3)nc2c(F)cnn12. The normalized spacial score (nSPS) is 12.9. The Balaban J connectivity index is 1.34. The number of carbonyl (C=O) groups excluding carboxylic acids is 3. The molecule has 0 atom stereocenters. The molecule has 13 heteroatoms. The second-order valence-electron chi connectivity index (χ2n) is 9.08. The van der Waals surface area contributed by atoms with Crippen LogP contribution in [0.4, 0.5) is 13.2 Å². The van der Waals surface area contributed by atoms with Crippen LogP contribution in [0.25, 0.3) is 5.65 Å². The average molecular weight is 553 g/mol. The molecule has 0 unspecified atom stereocenters. The molecule has 40 heavy (non-hydrogen) atoms. The number of benzene rings is 2.